The van der Waals surface area contributed by atoms with Crippen LogP contribution in [0, 0.1) is 0 Å². The van der Waals surface area contributed by atoms with Crippen LogP contribution in [0.4, 0.5) is 0 Å². The molecule has 0 saturated carbocycles. The van der Waals surface area contributed by atoms with Gasteiger partial charge in [0.2, 0.25) is 0 Å². The Morgan fingerprint density at radius 3 is 2.03 bits per heavy atom. The van der Waals surface area contributed by atoms with Crippen LogP contribution in [0.5, 0.6) is 5.75 Å². The van der Waals surface area contributed by atoms with Gasteiger partial charge < -0.3 is 9.84 Å². The lowest BCUT2D eigenvalue weighted by atomic mass is 9.78. The summed E-state index contributed by atoms with van der Waals surface area (Å²) in [6.07, 6.45) is 5.86. The third kappa shape index (κ3) is 7.05. The smallest absolute Gasteiger partial charge is 0.330 e. The molecule has 0 heterocycles. The molecule has 3 nitrogen and oxygen atoms in total. The van der Waals surface area contributed by atoms with Gasteiger partial charge in [0.05, 0.1) is 6.61 Å². The van der Waals surface area contributed by atoms with Gasteiger partial charge in [-0.15, -0.1) is 0 Å². The van der Waals surface area contributed by atoms with Crippen LogP contribution in [0.2, 0.25) is 0 Å². The summed E-state index contributed by atoms with van der Waals surface area (Å²) in [6, 6.07) is 13.9. The van der Waals surface area contributed by atoms with Crippen molar-refractivity contribution in [1.82, 2.24) is 0 Å². The number of benzene rings is 2. The molecule has 0 spiro atoms. The highest BCUT2D eigenvalue weighted by Crippen LogP contribution is 2.40. The highest BCUT2D eigenvalue weighted by atomic mass is 16.5. The van der Waals surface area contributed by atoms with Crippen molar-refractivity contribution in [2.45, 2.75) is 71.6 Å². The standard InChI is InChI=1S/C27H36O3/c1-26(2,3)22-18-21(19-23(25(22)29)27(4,5)6)14-10-11-17-30-24(28)16-15-20-12-8-7-9-13-20/h7-9,12-13,15-16,18-19,29H,10-11,14,17H2,1-6H3/b16-15-. The predicted molar refractivity (Wildman–Crippen MR) is 125 cm³/mol. The number of carbonyl (C=O) groups excluding carboxylic acids is 1. The number of rotatable bonds is 7. The summed E-state index contributed by atoms with van der Waals surface area (Å²) in [5.74, 6) is 0.103. The Labute approximate surface area is 181 Å². The molecule has 2 aromatic rings. The topological polar surface area (TPSA) is 46.5 Å². The van der Waals surface area contributed by atoms with E-state index in [-0.39, 0.29) is 16.8 Å². The van der Waals surface area contributed by atoms with Crippen molar-refractivity contribution in [3.8, 4) is 5.75 Å². The zero-order valence-electron chi connectivity index (χ0n) is 19.3. The van der Waals surface area contributed by atoms with Crippen molar-refractivity contribution in [3.63, 3.8) is 0 Å². The normalized spacial score (nSPS) is 12.3. The van der Waals surface area contributed by atoms with Gasteiger partial charge in [-0.05, 0) is 58.4 Å². The van der Waals surface area contributed by atoms with Crippen LogP contribution < -0.4 is 0 Å². The molecule has 0 aliphatic heterocycles. The monoisotopic (exact) mass is 408 g/mol. The Bertz CT molecular complexity index is 830. The predicted octanol–water partition coefficient (Wildman–Crippen LogP) is 6.57. The summed E-state index contributed by atoms with van der Waals surface area (Å²) in [4.78, 5) is 11.9. The molecule has 0 unspecified atom stereocenters. The van der Waals surface area contributed by atoms with Gasteiger partial charge >= 0.3 is 5.97 Å². The molecule has 0 aliphatic carbocycles. The minimum Gasteiger partial charge on any atom is -0.507 e. The van der Waals surface area contributed by atoms with E-state index < -0.39 is 0 Å². The Hall–Kier alpha value is -2.55. The average molecular weight is 409 g/mol. The fraction of sp³-hybridized carbons (Fsp3) is 0.444. The second-order valence-electron chi connectivity index (χ2n) is 9.91. The van der Waals surface area contributed by atoms with Crippen molar-refractivity contribution in [1.29, 1.82) is 0 Å². The lowest BCUT2D eigenvalue weighted by molar-refractivity contribution is -0.137. The fourth-order valence-electron chi connectivity index (χ4n) is 3.36. The van der Waals surface area contributed by atoms with E-state index in [1.807, 2.05) is 30.3 Å². The van der Waals surface area contributed by atoms with E-state index in [2.05, 4.69) is 53.7 Å². The molecular formula is C27H36O3. The summed E-state index contributed by atoms with van der Waals surface area (Å²) >= 11 is 0. The van der Waals surface area contributed by atoms with Gasteiger partial charge in [0.25, 0.3) is 0 Å². The van der Waals surface area contributed by atoms with Crippen molar-refractivity contribution < 1.29 is 14.6 Å². The zero-order valence-corrected chi connectivity index (χ0v) is 19.3. The number of ether oxygens (including phenoxy) is 1. The summed E-state index contributed by atoms with van der Waals surface area (Å²) in [6.45, 7) is 13.2. The van der Waals surface area contributed by atoms with Crippen LogP contribution in [0.1, 0.15) is 76.6 Å². The Kier molecular flexibility index (Phi) is 7.89. The van der Waals surface area contributed by atoms with Crippen LogP contribution in [0.25, 0.3) is 6.08 Å². The van der Waals surface area contributed by atoms with E-state index in [1.165, 1.54) is 11.6 Å². The quantitative estimate of drug-likeness (QED) is 0.320. The first kappa shape index (κ1) is 23.7. The molecule has 0 atom stereocenters. The fourth-order valence-corrected chi connectivity index (χ4v) is 3.36. The third-order valence-corrected chi connectivity index (χ3v) is 5.10. The van der Waals surface area contributed by atoms with E-state index >= 15 is 0 Å². The molecule has 0 fully saturated rings. The van der Waals surface area contributed by atoms with Crippen molar-refractivity contribution >= 4 is 12.0 Å². The molecular weight excluding hydrogens is 372 g/mol. The van der Waals surface area contributed by atoms with E-state index in [0.29, 0.717) is 12.4 Å². The summed E-state index contributed by atoms with van der Waals surface area (Å²) in [5, 5.41) is 10.8. The average Bonchev–Trinajstić information content (AvgIpc) is 2.66. The molecule has 0 aromatic heterocycles. The van der Waals surface area contributed by atoms with Crippen molar-refractivity contribution in [3.05, 3.63) is 70.8 Å². The number of phenols is 1. The molecule has 2 aromatic carbocycles. The number of esters is 1. The van der Waals surface area contributed by atoms with Gasteiger partial charge in [-0.2, -0.15) is 0 Å². The number of aryl methyl sites for hydroxylation is 1. The molecule has 30 heavy (non-hydrogen) atoms. The van der Waals surface area contributed by atoms with Crippen LogP contribution in [0.15, 0.2) is 48.5 Å². The molecule has 0 bridgehead atoms. The molecule has 0 aliphatic rings. The highest BCUT2D eigenvalue weighted by molar-refractivity contribution is 5.87. The van der Waals surface area contributed by atoms with Gasteiger partial charge in [0.1, 0.15) is 5.75 Å². The molecule has 0 amide bonds. The lowest BCUT2D eigenvalue weighted by Gasteiger charge is -2.28. The zero-order chi connectivity index (χ0) is 22.4. The first-order valence-corrected chi connectivity index (χ1v) is 10.8. The number of unbranched alkanes of at least 4 members (excludes halogenated alkanes) is 1. The first-order valence-electron chi connectivity index (χ1n) is 10.8. The van der Waals surface area contributed by atoms with Crippen molar-refractivity contribution in [2.75, 3.05) is 6.61 Å². The second kappa shape index (κ2) is 9.97. The van der Waals surface area contributed by atoms with Gasteiger partial charge in [-0.25, -0.2) is 4.79 Å². The third-order valence-electron chi connectivity index (χ3n) is 5.10. The van der Waals surface area contributed by atoms with E-state index in [1.54, 1.807) is 6.08 Å². The van der Waals surface area contributed by atoms with Crippen LogP contribution in [0.3, 0.4) is 0 Å². The molecule has 1 N–H and O–H groups in total. The van der Waals surface area contributed by atoms with Gasteiger partial charge in [-0.3, -0.25) is 0 Å². The number of hydrogen-bond donors (Lipinski definition) is 1. The SMILES string of the molecule is CC(C)(C)c1cc(CCCCOC(=O)/C=C\c2ccccc2)cc(C(C)(C)C)c1O. The minimum absolute atomic E-state index is 0.124. The largest absolute Gasteiger partial charge is 0.507 e. The summed E-state index contributed by atoms with van der Waals surface area (Å²) in [5.41, 5.74) is 3.93. The maximum atomic E-state index is 11.9. The van der Waals surface area contributed by atoms with E-state index in [0.717, 1.165) is 36.0 Å². The lowest BCUT2D eigenvalue weighted by Crippen LogP contribution is -2.18. The van der Waals surface area contributed by atoms with Crippen LogP contribution >= 0.6 is 0 Å². The number of carbonyl (C=O) groups is 1. The maximum absolute atomic E-state index is 11.9. The maximum Gasteiger partial charge on any atom is 0.330 e. The van der Waals surface area contributed by atoms with Gasteiger partial charge in [0.15, 0.2) is 0 Å². The van der Waals surface area contributed by atoms with E-state index in [4.69, 9.17) is 4.74 Å². The summed E-state index contributed by atoms with van der Waals surface area (Å²) in [7, 11) is 0. The molecule has 2 rings (SSSR count). The Morgan fingerprint density at radius 1 is 0.933 bits per heavy atom. The minimum atomic E-state index is -0.312. The Morgan fingerprint density at radius 2 is 1.50 bits per heavy atom. The van der Waals surface area contributed by atoms with E-state index in [9.17, 15) is 9.90 Å². The molecule has 0 saturated heterocycles. The molecule has 162 valence electrons. The second-order valence-corrected chi connectivity index (χ2v) is 9.91. The van der Waals surface area contributed by atoms with Crippen LogP contribution in [-0.2, 0) is 26.8 Å². The van der Waals surface area contributed by atoms with Crippen molar-refractivity contribution in [2.24, 2.45) is 0 Å². The number of aromatic hydroxyl groups is 1. The van der Waals surface area contributed by atoms with Gasteiger partial charge in [-0.1, -0.05) is 84.0 Å². The summed E-state index contributed by atoms with van der Waals surface area (Å²) < 4.78 is 5.31. The highest BCUT2D eigenvalue weighted by Gasteiger charge is 2.26. The Balaban J connectivity index is 1.91. The molecule has 0 radical (unpaired) electrons. The number of phenolic OH excluding ortho intramolecular Hbond substituents is 1. The molecule has 3 heteroatoms. The first-order chi connectivity index (χ1) is 14.0. The van der Waals surface area contributed by atoms with Crippen LogP contribution in [-0.4, -0.2) is 17.7 Å². The number of hydrogen-bond acceptors (Lipinski definition) is 3. The van der Waals surface area contributed by atoms with Gasteiger partial charge in [0, 0.05) is 6.08 Å².